The van der Waals surface area contributed by atoms with Gasteiger partial charge in [0.1, 0.15) is 5.75 Å². The summed E-state index contributed by atoms with van der Waals surface area (Å²) in [5.41, 5.74) is 8.98. The average Bonchev–Trinajstić information content (AvgIpc) is 3.71. The SMILES string of the molecule is CC1=CC(=O)c2ccccc2C1=O.CCCCN.CCCCNC(=S)NC1CCCCC1.CCCC[n+]1c(NC2CCCCC2)sc2c(C)c(O)c3ccccc3c21.Cl.Cl.S=C=NC1CCCCC1.[Cl-]. The van der Waals surface area contributed by atoms with Gasteiger partial charge >= 0.3 is 5.13 Å². The van der Waals surface area contributed by atoms with Crippen molar-refractivity contribution >= 4 is 109 Å². The van der Waals surface area contributed by atoms with E-state index in [2.05, 4.69) is 82.7 Å². The molecule has 0 amide bonds. The van der Waals surface area contributed by atoms with Crippen molar-refractivity contribution in [2.24, 2.45) is 10.7 Å². The molecule has 0 aliphatic heterocycles. The molecule has 9 nitrogen and oxygen atoms in total. The van der Waals surface area contributed by atoms with Crippen LogP contribution in [-0.2, 0) is 6.54 Å². The number of phenols is 1. The molecular weight excluding hydrogens is 995 g/mol. The number of nitrogens with zero attached hydrogens (tertiary/aromatic N) is 2. The summed E-state index contributed by atoms with van der Waals surface area (Å²) in [7, 11) is 0. The number of thiazole rings is 1. The number of hydrogen-bond acceptors (Lipinski definition) is 9. The smallest absolute Gasteiger partial charge is 0.335 e. The number of aliphatic imine (C=N–C) groups is 1. The number of isothiocyanates is 1. The van der Waals surface area contributed by atoms with Crippen LogP contribution in [0.15, 0.2) is 65.2 Å². The summed E-state index contributed by atoms with van der Waals surface area (Å²) in [5, 5.41) is 27.9. The first-order valence-corrected chi connectivity index (χ1v) is 27.2. The second-order valence-corrected chi connectivity index (χ2v) is 20.0. The zero-order valence-corrected chi connectivity index (χ0v) is 47.4. The molecular formula is C55H83Cl3N6O3S3. The van der Waals surface area contributed by atoms with Crippen molar-refractivity contribution in [3.8, 4) is 5.75 Å². The number of benzene rings is 3. The normalized spacial score (nSPS) is 15.5. The third kappa shape index (κ3) is 20.7. The number of phenolic OH excluding ortho intramolecular Hbond substituents is 1. The van der Waals surface area contributed by atoms with E-state index in [0.29, 0.717) is 40.6 Å². The number of thiocarbonyl (C=S) groups is 2. The van der Waals surface area contributed by atoms with Crippen LogP contribution in [0.25, 0.3) is 21.0 Å². The lowest BCUT2D eigenvalue weighted by Crippen LogP contribution is -3.00. The molecule has 4 aromatic rings. The molecule has 6 N–H and O–H groups in total. The molecule has 3 aromatic carbocycles. The van der Waals surface area contributed by atoms with Crippen molar-refractivity contribution in [3.05, 3.63) is 76.9 Å². The number of aryl methyl sites for hydroxylation is 2. The summed E-state index contributed by atoms with van der Waals surface area (Å²) in [6, 6.07) is 16.9. The van der Waals surface area contributed by atoms with Crippen LogP contribution < -0.4 is 38.7 Å². The van der Waals surface area contributed by atoms with Crippen molar-refractivity contribution in [1.82, 2.24) is 10.6 Å². The summed E-state index contributed by atoms with van der Waals surface area (Å²) < 4.78 is 3.70. The van der Waals surface area contributed by atoms with E-state index in [9.17, 15) is 14.7 Å². The van der Waals surface area contributed by atoms with Gasteiger partial charge in [0.15, 0.2) is 22.2 Å². The highest BCUT2D eigenvalue weighted by Gasteiger charge is 2.27. The third-order valence-electron chi connectivity index (χ3n) is 13.0. The van der Waals surface area contributed by atoms with E-state index in [1.54, 1.807) is 31.2 Å². The van der Waals surface area contributed by atoms with Crippen LogP contribution in [0.3, 0.4) is 0 Å². The highest BCUT2D eigenvalue weighted by molar-refractivity contribution is 7.80. The van der Waals surface area contributed by atoms with E-state index >= 15 is 0 Å². The van der Waals surface area contributed by atoms with Crippen LogP contribution in [0, 0.1) is 6.92 Å². The third-order valence-corrected chi connectivity index (χ3v) is 14.6. The second-order valence-electron chi connectivity index (χ2n) is 18.4. The molecule has 0 spiro atoms. The number of ketones is 2. The van der Waals surface area contributed by atoms with E-state index < -0.39 is 0 Å². The number of aromatic hydroxyl groups is 1. The number of nitrogens with two attached hydrogens (primary N) is 1. The lowest BCUT2D eigenvalue weighted by atomic mass is 9.90. The van der Waals surface area contributed by atoms with Crippen molar-refractivity contribution in [3.63, 3.8) is 0 Å². The number of Topliss-reactive ketones (excluding diaryl/α,β-unsaturated/α-hetero) is 1. The van der Waals surface area contributed by atoms with Crippen molar-refractivity contribution in [2.45, 2.75) is 194 Å². The van der Waals surface area contributed by atoms with Crippen LogP contribution >= 0.6 is 60.6 Å². The van der Waals surface area contributed by atoms with E-state index in [0.717, 1.165) is 41.1 Å². The van der Waals surface area contributed by atoms with Gasteiger partial charge in [-0.05, 0) is 139 Å². The van der Waals surface area contributed by atoms with Gasteiger partial charge in [-0.15, -0.1) is 24.8 Å². The van der Waals surface area contributed by atoms with Crippen LogP contribution in [0.5, 0.6) is 5.75 Å². The second kappa shape index (κ2) is 36.7. The van der Waals surface area contributed by atoms with E-state index in [1.165, 1.54) is 156 Å². The molecule has 1 heterocycles. The summed E-state index contributed by atoms with van der Waals surface area (Å²) in [4.78, 5) is 27.0. The highest BCUT2D eigenvalue weighted by Crippen LogP contribution is 2.40. The Morgan fingerprint density at radius 2 is 1.33 bits per heavy atom. The molecule has 3 saturated carbocycles. The predicted octanol–water partition coefficient (Wildman–Crippen LogP) is 11.5. The van der Waals surface area contributed by atoms with Gasteiger partial charge in [-0.1, -0.05) is 127 Å². The number of carbonyl (C=O) groups excluding carboxylic acids is 2. The van der Waals surface area contributed by atoms with Crippen LogP contribution in [-0.4, -0.2) is 58.2 Å². The van der Waals surface area contributed by atoms with Gasteiger partial charge in [0.05, 0.1) is 28.5 Å². The largest absolute Gasteiger partial charge is 1.00 e. The molecule has 70 heavy (non-hydrogen) atoms. The van der Waals surface area contributed by atoms with Crippen LogP contribution in [0.4, 0.5) is 5.13 Å². The molecule has 15 heteroatoms. The number of aromatic nitrogens is 1. The van der Waals surface area contributed by atoms with Crippen molar-refractivity contribution < 1.29 is 31.7 Å². The van der Waals surface area contributed by atoms with Crippen LogP contribution in [0.1, 0.15) is 189 Å². The van der Waals surface area contributed by atoms with Crippen molar-refractivity contribution in [1.29, 1.82) is 0 Å². The molecule has 0 radical (unpaired) electrons. The molecule has 0 unspecified atom stereocenters. The standard InChI is InChI=1S/C22H28N2OS.C11H22N2S.C11H8O2.C7H11NS.C4H11N.3ClH/c1-3-4-14-24-19-17-12-8-9-13-18(17)20(25)15(2)21(19)26-22(24)23-16-10-6-5-7-11-16;1-2-3-9-12-11(14)13-10-7-5-4-6-8-10;1-7-6-10(12)8-4-2-3-5-9(8)11(7)13;9-6-8-7-4-2-1-3-5-7;1-2-3-4-5;;;/h8-9,12-13,16,25H,3-7,10-11,14H2,1-2H3;10H,2-9H2,1H3,(H2,12,13,14);2-6H,1H3;7H,1-5H2;2-5H2,1H3;3*1H. The maximum atomic E-state index is 11.5. The quantitative estimate of drug-likeness (QED) is 0.0407. The Morgan fingerprint density at radius 3 is 1.89 bits per heavy atom. The lowest BCUT2D eigenvalue weighted by Gasteiger charge is -2.24. The van der Waals surface area contributed by atoms with Gasteiger partial charge < -0.3 is 33.9 Å². The number of anilines is 1. The fraction of sp³-hybridized carbons (Fsp3) is 0.582. The lowest BCUT2D eigenvalue weighted by molar-refractivity contribution is -0.653. The minimum atomic E-state index is -0.0762. The van der Waals surface area contributed by atoms with Gasteiger partial charge in [-0.3, -0.25) is 14.9 Å². The van der Waals surface area contributed by atoms with Gasteiger partial charge in [0, 0.05) is 45.6 Å². The number of allylic oxidation sites excluding steroid dienone is 2. The van der Waals surface area contributed by atoms with Gasteiger partial charge in [0.2, 0.25) is 0 Å². The van der Waals surface area contributed by atoms with E-state index in [1.807, 2.05) is 23.5 Å². The zero-order valence-electron chi connectivity index (χ0n) is 42.6. The summed E-state index contributed by atoms with van der Waals surface area (Å²) in [6.07, 6.45) is 28.3. The Kier molecular flexibility index (Phi) is 34.0. The number of carbonyl (C=O) groups is 2. The zero-order chi connectivity index (χ0) is 48.4. The Hall–Kier alpha value is -3.19. The monoisotopic (exact) mass is 1080 g/mol. The molecule has 0 bridgehead atoms. The Morgan fingerprint density at radius 1 is 0.786 bits per heavy atom. The predicted molar refractivity (Wildman–Crippen MR) is 306 cm³/mol. The molecule has 0 saturated heterocycles. The van der Waals surface area contributed by atoms with Gasteiger partial charge in [-0.2, -0.15) is 0 Å². The van der Waals surface area contributed by atoms with Gasteiger partial charge in [-0.25, -0.2) is 9.56 Å². The average molecular weight is 1080 g/mol. The minimum Gasteiger partial charge on any atom is -1.00 e. The number of fused-ring (bicyclic) bond motifs is 4. The number of nitrogens with one attached hydrogen (secondary N) is 3. The number of hydrogen-bond donors (Lipinski definition) is 5. The first-order chi connectivity index (χ1) is 32.6. The summed E-state index contributed by atoms with van der Waals surface area (Å²) in [5.74, 6) is 0.309. The molecule has 3 fully saturated rings. The molecule has 390 valence electrons. The highest BCUT2D eigenvalue weighted by atomic mass is 35.5. The Balaban J connectivity index is 0.000000477. The van der Waals surface area contributed by atoms with Crippen molar-refractivity contribution in [2.75, 3.05) is 18.4 Å². The molecule has 4 aliphatic rings. The van der Waals surface area contributed by atoms with E-state index in [4.69, 9.17) is 18.0 Å². The minimum absolute atomic E-state index is 0. The first-order valence-electron chi connectivity index (χ1n) is 25.6. The Labute approximate surface area is 453 Å². The maximum absolute atomic E-state index is 11.5. The molecule has 0 atom stereocenters. The van der Waals surface area contributed by atoms with E-state index in [-0.39, 0.29) is 48.8 Å². The fourth-order valence-corrected chi connectivity index (χ4v) is 10.7. The fourth-order valence-electron chi connectivity index (χ4n) is 9.01. The van der Waals surface area contributed by atoms with Crippen LogP contribution in [0.2, 0.25) is 0 Å². The number of unbranched alkanes of at least 4 members (excludes halogenated alkanes) is 3. The molecule has 1 aromatic heterocycles. The van der Waals surface area contributed by atoms with Gasteiger partial charge in [0.25, 0.3) is 0 Å². The topological polar surface area (TPSA) is 133 Å². The number of halogens is 3. The summed E-state index contributed by atoms with van der Waals surface area (Å²) in [6.45, 7) is 13.2. The maximum Gasteiger partial charge on any atom is 0.335 e. The first kappa shape index (κ1) is 64.8. The summed E-state index contributed by atoms with van der Waals surface area (Å²) >= 11 is 11.6. The number of rotatable bonds is 12. The molecule has 8 rings (SSSR count). The Bertz CT molecular complexity index is 2250. The molecule has 4 aliphatic carbocycles.